The van der Waals surface area contributed by atoms with E-state index in [0.29, 0.717) is 5.92 Å². The van der Waals surface area contributed by atoms with Gasteiger partial charge in [-0.05, 0) is 41.5 Å². The highest BCUT2D eigenvalue weighted by Crippen LogP contribution is 2.33. The van der Waals surface area contributed by atoms with Gasteiger partial charge in [-0.2, -0.15) is 0 Å². The fraction of sp³-hybridized carbons (Fsp3) is 0.600. The highest BCUT2D eigenvalue weighted by atomic mass is 16.5. The fourth-order valence-electron chi connectivity index (χ4n) is 2.11. The van der Waals surface area contributed by atoms with Gasteiger partial charge in [0.1, 0.15) is 5.75 Å². The van der Waals surface area contributed by atoms with Crippen LogP contribution in [-0.4, -0.2) is 13.7 Å². The zero-order valence-corrected chi connectivity index (χ0v) is 11.7. The van der Waals surface area contributed by atoms with Crippen molar-refractivity contribution >= 4 is 0 Å². The normalized spacial score (nSPS) is 11.9. The smallest absolute Gasteiger partial charge is 0.122 e. The predicted octanol–water partition coefficient (Wildman–Crippen LogP) is 3.45. The molecule has 0 atom stereocenters. The summed E-state index contributed by atoms with van der Waals surface area (Å²) >= 11 is 0. The number of methoxy groups -OCH3 is 1. The fourth-order valence-corrected chi connectivity index (χ4v) is 2.11. The number of benzene rings is 1. The molecule has 17 heavy (non-hydrogen) atoms. The molecule has 0 bridgehead atoms. The molecule has 0 saturated heterocycles. The van der Waals surface area contributed by atoms with Crippen molar-refractivity contribution in [3.63, 3.8) is 0 Å². The largest absolute Gasteiger partial charge is 0.496 e. The summed E-state index contributed by atoms with van der Waals surface area (Å²) in [7, 11) is 1.73. The summed E-state index contributed by atoms with van der Waals surface area (Å²) < 4.78 is 5.41. The lowest BCUT2D eigenvalue weighted by atomic mass is 9.80. The average molecular weight is 235 g/mol. The molecule has 96 valence electrons. The highest BCUT2D eigenvalue weighted by molar-refractivity contribution is 5.41. The van der Waals surface area contributed by atoms with E-state index in [0.717, 1.165) is 18.7 Å². The van der Waals surface area contributed by atoms with Gasteiger partial charge in [0.05, 0.1) is 7.11 Å². The Kier molecular flexibility index (Phi) is 4.58. The molecule has 2 heteroatoms. The van der Waals surface area contributed by atoms with Crippen LogP contribution in [0.25, 0.3) is 0 Å². The topological polar surface area (TPSA) is 35.2 Å². The van der Waals surface area contributed by atoms with Crippen LogP contribution in [0.1, 0.15) is 51.2 Å². The van der Waals surface area contributed by atoms with Gasteiger partial charge < -0.3 is 10.5 Å². The first-order valence-electron chi connectivity index (χ1n) is 6.31. The van der Waals surface area contributed by atoms with Crippen LogP contribution in [0.3, 0.4) is 0 Å². The molecular formula is C15H25NO. The number of hydrogen-bond donors (Lipinski definition) is 1. The molecule has 0 aliphatic heterocycles. The van der Waals surface area contributed by atoms with Crippen molar-refractivity contribution in [1.29, 1.82) is 0 Å². The molecule has 0 heterocycles. The molecule has 0 unspecified atom stereocenters. The minimum Gasteiger partial charge on any atom is -0.496 e. The minimum absolute atomic E-state index is 0.130. The third-order valence-corrected chi connectivity index (χ3v) is 3.40. The maximum absolute atomic E-state index is 5.68. The zero-order chi connectivity index (χ0) is 13.1. The SMILES string of the molecule is COc1ccc(C(C)(C)CCN)cc1C(C)C. The molecule has 1 aromatic rings. The van der Waals surface area contributed by atoms with E-state index in [2.05, 4.69) is 45.9 Å². The first-order chi connectivity index (χ1) is 7.92. The second-order valence-corrected chi connectivity index (χ2v) is 5.53. The molecule has 0 saturated carbocycles. The Balaban J connectivity index is 3.16. The van der Waals surface area contributed by atoms with Crippen molar-refractivity contribution in [3.05, 3.63) is 29.3 Å². The van der Waals surface area contributed by atoms with Crippen LogP contribution in [0.2, 0.25) is 0 Å². The van der Waals surface area contributed by atoms with E-state index in [-0.39, 0.29) is 5.41 Å². The monoisotopic (exact) mass is 235 g/mol. The number of hydrogen-bond acceptors (Lipinski definition) is 2. The lowest BCUT2D eigenvalue weighted by Gasteiger charge is -2.26. The Hall–Kier alpha value is -1.02. The van der Waals surface area contributed by atoms with Crippen LogP contribution in [0.4, 0.5) is 0 Å². The Morgan fingerprint density at radius 3 is 2.41 bits per heavy atom. The summed E-state index contributed by atoms with van der Waals surface area (Å²) in [6, 6.07) is 6.49. The number of nitrogens with two attached hydrogens (primary N) is 1. The predicted molar refractivity (Wildman–Crippen MR) is 73.8 cm³/mol. The minimum atomic E-state index is 0.130. The molecule has 1 aromatic carbocycles. The van der Waals surface area contributed by atoms with Crippen LogP contribution in [-0.2, 0) is 5.41 Å². The van der Waals surface area contributed by atoms with Gasteiger partial charge in [0.15, 0.2) is 0 Å². The third kappa shape index (κ3) is 3.22. The summed E-state index contributed by atoms with van der Waals surface area (Å²) in [4.78, 5) is 0. The summed E-state index contributed by atoms with van der Waals surface area (Å²) in [5.41, 5.74) is 8.42. The van der Waals surface area contributed by atoms with Crippen molar-refractivity contribution < 1.29 is 4.74 Å². The van der Waals surface area contributed by atoms with Crippen LogP contribution in [0, 0.1) is 0 Å². The van der Waals surface area contributed by atoms with Gasteiger partial charge in [0, 0.05) is 0 Å². The molecule has 2 nitrogen and oxygen atoms in total. The highest BCUT2D eigenvalue weighted by Gasteiger charge is 2.21. The van der Waals surface area contributed by atoms with Crippen LogP contribution < -0.4 is 10.5 Å². The van der Waals surface area contributed by atoms with Gasteiger partial charge in [0.25, 0.3) is 0 Å². The van der Waals surface area contributed by atoms with E-state index in [1.807, 2.05) is 0 Å². The molecular weight excluding hydrogens is 210 g/mol. The van der Waals surface area contributed by atoms with E-state index >= 15 is 0 Å². The molecule has 2 N–H and O–H groups in total. The number of rotatable bonds is 5. The first kappa shape index (κ1) is 14.0. The quantitative estimate of drug-likeness (QED) is 0.848. The van der Waals surface area contributed by atoms with Crippen molar-refractivity contribution in [3.8, 4) is 5.75 Å². The van der Waals surface area contributed by atoms with Gasteiger partial charge in [-0.25, -0.2) is 0 Å². The van der Waals surface area contributed by atoms with Gasteiger partial charge in [-0.15, -0.1) is 0 Å². The van der Waals surface area contributed by atoms with Crippen LogP contribution in [0.15, 0.2) is 18.2 Å². The standard InChI is InChI=1S/C15H25NO/c1-11(2)13-10-12(6-7-14(13)17-5)15(3,4)8-9-16/h6-7,10-11H,8-9,16H2,1-5H3. The van der Waals surface area contributed by atoms with Crippen molar-refractivity contribution in [2.75, 3.05) is 13.7 Å². The maximum Gasteiger partial charge on any atom is 0.122 e. The van der Waals surface area contributed by atoms with Gasteiger partial charge in [0.2, 0.25) is 0 Å². The summed E-state index contributed by atoms with van der Waals surface area (Å²) in [6.07, 6.45) is 0.997. The second kappa shape index (κ2) is 5.54. The molecule has 0 spiro atoms. The van der Waals surface area contributed by atoms with E-state index in [1.54, 1.807) is 7.11 Å². The summed E-state index contributed by atoms with van der Waals surface area (Å²) in [6.45, 7) is 9.59. The lowest BCUT2D eigenvalue weighted by molar-refractivity contribution is 0.406. The maximum atomic E-state index is 5.68. The molecule has 0 fully saturated rings. The molecule has 0 radical (unpaired) electrons. The van der Waals surface area contributed by atoms with Crippen molar-refractivity contribution in [1.82, 2.24) is 0 Å². The molecule has 0 amide bonds. The van der Waals surface area contributed by atoms with Crippen molar-refractivity contribution in [2.24, 2.45) is 5.73 Å². The second-order valence-electron chi connectivity index (χ2n) is 5.53. The Labute approximate surface area is 105 Å². The zero-order valence-electron chi connectivity index (χ0n) is 11.7. The first-order valence-corrected chi connectivity index (χ1v) is 6.31. The average Bonchev–Trinajstić information content (AvgIpc) is 2.28. The Morgan fingerprint density at radius 2 is 1.94 bits per heavy atom. The molecule has 1 rings (SSSR count). The van der Waals surface area contributed by atoms with E-state index in [4.69, 9.17) is 10.5 Å². The number of ether oxygens (including phenoxy) is 1. The van der Waals surface area contributed by atoms with Crippen LogP contribution in [0.5, 0.6) is 5.75 Å². The summed E-state index contributed by atoms with van der Waals surface area (Å²) in [5, 5.41) is 0. The lowest BCUT2D eigenvalue weighted by Crippen LogP contribution is -2.22. The summed E-state index contributed by atoms with van der Waals surface area (Å²) in [5.74, 6) is 1.45. The molecule has 0 aromatic heterocycles. The van der Waals surface area contributed by atoms with E-state index in [1.165, 1.54) is 11.1 Å². The Morgan fingerprint density at radius 1 is 1.29 bits per heavy atom. The van der Waals surface area contributed by atoms with Crippen LogP contribution >= 0.6 is 0 Å². The molecule has 0 aliphatic carbocycles. The van der Waals surface area contributed by atoms with E-state index in [9.17, 15) is 0 Å². The van der Waals surface area contributed by atoms with Gasteiger partial charge >= 0.3 is 0 Å². The Bertz CT molecular complexity index is 369. The third-order valence-electron chi connectivity index (χ3n) is 3.40. The van der Waals surface area contributed by atoms with Gasteiger partial charge in [-0.1, -0.05) is 39.8 Å². The molecule has 0 aliphatic rings. The van der Waals surface area contributed by atoms with Crippen molar-refractivity contribution in [2.45, 2.75) is 45.4 Å². The van der Waals surface area contributed by atoms with E-state index < -0.39 is 0 Å². The van der Waals surface area contributed by atoms with Gasteiger partial charge in [-0.3, -0.25) is 0 Å².